The number of anilines is 1. The molecule has 3 N–H and O–H groups in total. The van der Waals surface area contributed by atoms with Gasteiger partial charge in [-0.05, 0) is 25.8 Å². The molecule has 2 aromatic heterocycles. The number of hydrogen-bond acceptors (Lipinski definition) is 5. The Bertz CT molecular complexity index is 531. The molecule has 0 aromatic carbocycles. The maximum atomic E-state index is 5.33. The van der Waals surface area contributed by atoms with Gasteiger partial charge in [-0.1, -0.05) is 6.92 Å². The molecule has 2 heterocycles. The molecule has 17 heavy (non-hydrogen) atoms. The SMILES string of the molecule is CCc1c(C)nn(-c2cc(NN)ncn2)c1C. The zero-order valence-corrected chi connectivity index (χ0v) is 10.2. The highest BCUT2D eigenvalue weighted by atomic mass is 15.3. The Hall–Kier alpha value is -1.95. The van der Waals surface area contributed by atoms with Crippen molar-refractivity contribution in [1.82, 2.24) is 19.7 Å². The summed E-state index contributed by atoms with van der Waals surface area (Å²) in [5.41, 5.74) is 5.89. The van der Waals surface area contributed by atoms with Crippen LogP contribution in [-0.2, 0) is 6.42 Å². The van der Waals surface area contributed by atoms with Gasteiger partial charge in [-0.3, -0.25) is 0 Å². The van der Waals surface area contributed by atoms with Gasteiger partial charge in [0.15, 0.2) is 5.82 Å². The van der Waals surface area contributed by atoms with Crippen molar-refractivity contribution in [3.8, 4) is 5.82 Å². The maximum absolute atomic E-state index is 5.33. The predicted molar refractivity (Wildman–Crippen MR) is 65.8 cm³/mol. The van der Waals surface area contributed by atoms with E-state index in [4.69, 9.17) is 5.84 Å². The van der Waals surface area contributed by atoms with Crippen LogP contribution in [0.1, 0.15) is 23.9 Å². The van der Waals surface area contributed by atoms with Crippen molar-refractivity contribution in [2.75, 3.05) is 5.43 Å². The van der Waals surface area contributed by atoms with Crippen LogP contribution in [0, 0.1) is 13.8 Å². The molecule has 0 aliphatic carbocycles. The number of hydrogen-bond donors (Lipinski definition) is 2. The number of hydrazine groups is 1. The van der Waals surface area contributed by atoms with Gasteiger partial charge in [0.2, 0.25) is 0 Å². The van der Waals surface area contributed by atoms with Crippen LogP contribution >= 0.6 is 0 Å². The highest BCUT2D eigenvalue weighted by Crippen LogP contribution is 2.17. The predicted octanol–water partition coefficient (Wildman–Crippen LogP) is 1.13. The van der Waals surface area contributed by atoms with Crippen LogP contribution in [0.15, 0.2) is 12.4 Å². The van der Waals surface area contributed by atoms with E-state index in [2.05, 4.69) is 27.4 Å². The summed E-state index contributed by atoms with van der Waals surface area (Å²) >= 11 is 0. The van der Waals surface area contributed by atoms with Crippen LogP contribution in [-0.4, -0.2) is 19.7 Å². The van der Waals surface area contributed by atoms with E-state index in [1.54, 1.807) is 6.07 Å². The van der Waals surface area contributed by atoms with E-state index in [1.165, 1.54) is 11.9 Å². The van der Waals surface area contributed by atoms with Gasteiger partial charge in [0.05, 0.1) is 5.69 Å². The monoisotopic (exact) mass is 232 g/mol. The molecule has 6 heteroatoms. The molecule has 0 bridgehead atoms. The topological polar surface area (TPSA) is 81.7 Å². The van der Waals surface area contributed by atoms with Crippen LogP contribution in [0.4, 0.5) is 5.82 Å². The lowest BCUT2D eigenvalue weighted by molar-refractivity contribution is 0.800. The molecule has 90 valence electrons. The van der Waals surface area contributed by atoms with E-state index in [-0.39, 0.29) is 0 Å². The number of aromatic nitrogens is 4. The number of rotatable bonds is 3. The van der Waals surface area contributed by atoms with Crippen molar-refractivity contribution in [2.24, 2.45) is 5.84 Å². The summed E-state index contributed by atoms with van der Waals surface area (Å²) in [7, 11) is 0. The molecular weight excluding hydrogens is 216 g/mol. The molecule has 0 aliphatic rings. The molecule has 0 atom stereocenters. The normalized spacial score (nSPS) is 10.6. The third kappa shape index (κ3) is 1.99. The van der Waals surface area contributed by atoms with E-state index in [0.717, 1.165) is 17.8 Å². The zero-order chi connectivity index (χ0) is 12.4. The summed E-state index contributed by atoms with van der Waals surface area (Å²) < 4.78 is 1.82. The molecule has 0 saturated carbocycles. The zero-order valence-electron chi connectivity index (χ0n) is 10.2. The Balaban J connectivity index is 2.52. The van der Waals surface area contributed by atoms with E-state index in [9.17, 15) is 0 Å². The highest BCUT2D eigenvalue weighted by Gasteiger charge is 2.12. The van der Waals surface area contributed by atoms with Crippen molar-refractivity contribution in [1.29, 1.82) is 0 Å². The molecular formula is C11H16N6. The first-order valence-electron chi connectivity index (χ1n) is 5.51. The van der Waals surface area contributed by atoms with Gasteiger partial charge in [-0.15, -0.1) is 0 Å². The van der Waals surface area contributed by atoms with Gasteiger partial charge < -0.3 is 5.43 Å². The molecule has 2 rings (SSSR count). The average Bonchev–Trinajstić information content (AvgIpc) is 2.64. The average molecular weight is 232 g/mol. The second-order valence-electron chi connectivity index (χ2n) is 3.82. The Morgan fingerprint density at radius 3 is 2.71 bits per heavy atom. The van der Waals surface area contributed by atoms with E-state index < -0.39 is 0 Å². The molecule has 0 saturated heterocycles. The van der Waals surface area contributed by atoms with Crippen molar-refractivity contribution in [3.05, 3.63) is 29.3 Å². The van der Waals surface area contributed by atoms with E-state index in [1.807, 2.05) is 18.5 Å². The fourth-order valence-electron chi connectivity index (χ4n) is 1.95. The minimum atomic E-state index is 0.570. The summed E-state index contributed by atoms with van der Waals surface area (Å²) in [6, 6.07) is 1.76. The van der Waals surface area contributed by atoms with Gasteiger partial charge >= 0.3 is 0 Å². The highest BCUT2D eigenvalue weighted by molar-refractivity contribution is 5.41. The fourth-order valence-corrected chi connectivity index (χ4v) is 1.95. The largest absolute Gasteiger partial charge is 0.308 e. The first-order chi connectivity index (χ1) is 8.17. The number of aryl methyl sites for hydroxylation is 1. The van der Waals surface area contributed by atoms with Gasteiger partial charge in [0.25, 0.3) is 0 Å². The van der Waals surface area contributed by atoms with Crippen LogP contribution in [0.3, 0.4) is 0 Å². The molecule has 0 unspecified atom stereocenters. The molecule has 0 radical (unpaired) electrons. The third-order valence-corrected chi connectivity index (χ3v) is 2.81. The first kappa shape index (κ1) is 11.5. The van der Waals surface area contributed by atoms with Crippen LogP contribution in [0.5, 0.6) is 0 Å². The van der Waals surface area contributed by atoms with Gasteiger partial charge in [-0.2, -0.15) is 5.10 Å². The summed E-state index contributed by atoms with van der Waals surface area (Å²) in [6.07, 6.45) is 2.43. The second-order valence-corrected chi connectivity index (χ2v) is 3.82. The first-order valence-corrected chi connectivity index (χ1v) is 5.51. The standard InChI is InChI=1S/C11H16N6/c1-4-9-7(2)16-17(8(9)3)11-5-10(15-12)13-6-14-11/h5-6H,4,12H2,1-3H3,(H,13,14,15). The van der Waals surface area contributed by atoms with Crippen LogP contribution in [0.2, 0.25) is 0 Å². The van der Waals surface area contributed by atoms with Gasteiger partial charge in [0.1, 0.15) is 12.1 Å². The Morgan fingerprint density at radius 1 is 1.35 bits per heavy atom. The summed E-state index contributed by atoms with van der Waals surface area (Å²) in [5, 5.41) is 4.48. The van der Waals surface area contributed by atoms with E-state index >= 15 is 0 Å². The maximum Gasteiger partial charge on any atom is 0.159 e. The van der Waals surface area contributed by atoms with Crippen molar-refractivity contribution < 1.29 is 0 Å². The van der Waals surface area contributed by atoms with Crippen molar-refractivity contribution in [2.45, 2.75) is 27.2 Å². The minimum absolute atomic E-state index is 0.570. The molecule has 0 aliphatic heterocycles. The number of nitrogens with two attached hydrogens (primary N) is 1. The van der Waals surface area contributed by atoms with Crippen molar-refractivity contribution in [3.63, 3.8) is 0 Å². The lowest BCUT2D eigenvalue weighted by atomic mass is 10.1. The second kappa shape index (κ2) is 4.50. The fraction of sp³-hybridized carbons (Fsp3) is 0.364. The smallest absolute Gasteiger partial charge is 0.159 e. The molecule has 0 amide bonds. The summed E-state index contributed by atoms with van der Waals surface area (Å²) in [6.45, 7) is 6.16. The number of nitrogens with zero attached hydrogens (tertiary/aromatic N) is 4. The quantitative estimate of drug-likeness (QED) is 0.612. The Morgan fingerprint density at radius 2 is 2.12 bits per heavy atom. The lowest BCUT2D eigenvalue weighted by Gasteiger charge is -2.05. The Kier molecular flexibility index (Phi) is 3.06. The summed E-state index contributed by atoms with van der Waals surface area (Å²) in [4.78, 5) is 8.18. The molecule has 0 fully saturated rings. The van der Waals surface area contributed by atoms with Crippen molar-refractivity contribution >= 4 is 5.82 Å². The molecule has 0 spiro atoms. The van der Waals surface area contributed by atoms with Gasteiger partial charge in [0, 0.05) is 11.8 Å². The number of nitrogen functional groups attached to an aromatic ring is 1. The van der Waals surface area contributed by atoms with E-state index in [0.29, 0.717) is 11.6 Å². The lowest BCUT2D eigenvalue weighted by Crippen LogP contribution is -2.10. The van der Waals surface area contributed by atoms with Crippen LogP contribution in [0.25, 0.3) is 5.82 Å². The Labute approximate surface area is 99.9 Å². The summed E-state index contributed by atoms with van der Waals surface area (Å²) in [5.74, 6) is 6.61. The molecule has 2 aromatic rings. The van der Waals surface area contributed by atoms with Crippen LogP contribution < -0.4 is 11.3 Å². The van der Waals surface area contributed by atoms with Gasteiger partial charge in [-0.25, -0.2) is 20.5 Å². The molecule has 6 nitrogen and oxygen atoms in total. The number of nitrogens with one attached hydrogen (secondary N) is 1. The third-order valence-electron chi connectivity index (χ3n) is 2.81. The minimum Gasteiger partial charge on any atom is -0.308 e.